The van der Waals surface area contributed by atoms with Gasteiger partial charge < -0.3 is 9.88 Å². The number of hydrogen-bond donors (Lipinski definition) is 1. The van der Waals surface area contributed by atoms with E-state index in [0.29, 0.717) is 17.8 Å². The first-order valence-corrected chi connectivity index (χ1v) is 5.42. The Morgan fingerprint density at radius 1 is 1.59 bits per heavy atom. The highest BCUT2D eigenvalue weighted by molar-refractivity contribution is 5.96. The minimum atomic E-state index is -0.0903. The lowest BCUT2D eigenvalue weighted by atomic mass is 10.2. The molecule has 0 saturated carbocycles. The Kier molecular flexibility index (Phi) is 3.18. The Hall–Kier alpha value is -2.17. The van der Waals surface area contributed by atoms with E-state index in [4.69, 9.17) is 0 Å². The second kappa shape index (κ2) is 4.78. The van der Waals surface area contributed by atoms with Crippen LogP contribution >= 0.6 is 0 Å². The highest BCUT2D eigenvalue weighted by atomic mass is 16.2. The van der Waals surface area contributed by atoms with Crippen LogP contribution in [0.1, 0.15) is 17.3 Å². The van der Waals surface area contributed by atoms with E-state index in [0.717, 1.165) is 11.7 Å². The Morgan fingerprint density at radius 2 is 2.41 bits per heavy atom. The molecule has 0 aliphatic carbocycles. The predicted octanol–water partition coefficient (Wildman–Crippen LogP) is 0.985. The fourth-order valence-corrected chi connectivity index (χ4v) is 1.77. The normalized spacial score (nSPS) is 10.4. The van der Waals surface area contributed by atoms with Crippen molar-refractivity contribution < 1.29 is 9.59 Å². The number of aldehydes is 1. The number of fused-ring (bicyclic) bond motifs is 1. The van der Waals surface area contributed by atoms with Crippen LogP contribution in [-0.4, -0.2) is 28.3 Å². The second-order valence-electron chi connectivity index (χ2n) is 3.66. The highest BCUT2D eigenvalue weighted by Crippen LogP contribution is 2.17. The molecule has 0 atom stereocenters. The van der Waals surface area contributed by atoms with Gasteiger partial charge in [-0.05, 0) is 19.1 Å². The van der Waals surface area contributed by atoms with E-state index in [9.17, 15) is 9.59 Å². The fraction of sp³-hybridized carbons (Fsp3) is 0.250. The van der Waals surface area contributed by atoms with Crippen molar-refractivity contribution in [3.8, 4) is 0 Å². The molecule has 0 radical (unpaired) electrons. The third kappa shape index (κ3) is 2.18. The number of pyridine rings is 1. The summed E-state index contributed by atoms with van der Waals surface area (Å²) in [5.41, 5.74) is 1.21. The summed E-state index contributed by atoms with van der Waals surface area (Å²) < 4.78 is 1.68. The lowest BCUT2D eigenvalue weighted by Crippen LogP contribution is -2.26. The van der Waals surface area contributed by atoms with Crippen molar-refractivity contribution in [1.29, 1.82) is 0 Å². The molecular weight excluding hydrogens is 218 g/mol. The van der Waals surface area contributed by atoms with E-state index in [-0.39, 0.29) is 12.5 Å². The monoisotopic (exact) mass is 231 g/mol. The van der Waals surface area contributed by atoms with E-state index >= 15 is 0 Å². The molecular formula is C12H13N3O2. The topological polar surface area (TPSA) is 64.0 Å². The van der Waals surface area contributed by atoms with Crippen LogP contribution in [0.5, 0.6) is 0 Å². The van der Waals surface area contributed by atoms with Crippen LogP contribution in [0.2, 0.25) is 0 Å². The number of rotatable bonds is 4. The van der Waals surface area contributed by atoms with E-state index in [1.165, 1.54) is 0 Å². The quantitative estimate of drug-likeness (QED) is 0.798. The van der Waals surface area contributed by atoms with E-state index in [2.05, 4.69) is 10.3 Å². The fourth-order valence-electron chi connectivity index (χ4n) is 1.77. The maximum absolute atomic E-state index is 11.5. The SMILES string of the molecule is CCNC(=O)Cn1cc(C=O)c2cccnc21. The lowest BCUT2D eigenvalue weighted by molar-refractivity contribution is -0.121. The minimum Gasteiger partial charge on any atom is -0.355 e. The first kappa shape index (κ1) is 11.3. The van der Waals surface area contributed by atoms with Gasteiger partial charge in [0.25, 0.3) is 0 Å². The molecule has 0 aromatic carbocycles. The molecule has 2 rings (SSSR count). The highest BCUT2D eigenvalue weighted by Gasteiger charge is 2.10. The third-order valence-corrected chi connectivity index (χ3v) is 2.48. The van der Waals surface area contributed by atoms with Crippen LogP contribution in [0.4, 0.5) is 0 Å². The number of carbonyl (C=O) groups excluding carboxylic acids is 2. The van der Waals surface area contributed by atoms with E-state index < -0.39 is 0 Å². The molecule has 1 N–H and O–H groups in total. The summed E-state index contributed by atoms with van der Waals surface area (Å²) in [7, 11) is 0. The summed E-state index contributed by atoms with van der Waals surface area (Å²) >= 11 is 0. The van der Waals surface area contributed by atoms with Crippen molar-refractivity contribution in [1.82, 2.24) is 14.9 Å². The Morgan fingerprint density at radius 3 is 3.12 bits per heavy atom. The van der Waals surface area contributed by atoms with Crippen LogP contribution in [0.3, 0.4) is 0 Å². The molecule has 0 saturated heterocycles. The van der Waals surface area contributed by atoms with Gasteiger partial charge in [-0.25, -0.2) is 4.98 Å². The van der Waals surface area contributed by atoms with Gasteiger partial charge in [0, 0.05) is 29.9 Å². The summed E-state index contributed by atoms with van der Waals surface area (Å²) in [5.74, 6) is -0.0903. The molecule has 88 valence electrons. The molecule has 2 aromatic heterocycles. The molecule has 5 heteroatoms. The van der Waals surface area contributed by atoms with Crippen molar-refractivity contribution in [3.05, 3.63) is 30.1 Å². The number of nitrogens with zero attached hydrogens (tertiary/aromatic N) is 2. The minimum absolute atomic E-state index is 0.0903. The lowest BCUT2D eigenvalue weighted by Gasteiger charge is -2.04. The number of aromatic nitrogens is 2. The second-order valence-corrected chi connectivity index (χ2v) is 3.66. The van der Waals surface area contributed by atoms with Gasteiger partial charge >= 0.3 is 0 Å². The standard InChI is InChI=1S/C12H13N3O2/c1-2-13-11(17)7-15-6-9(8-16)10-4-3-5-14-12(10)15/h3-6,8H,2,7H2,1H3,(H,13,17). The summed E-state index contributed by atoms with van der Waals surface area (Å²) in [6.07, 6.45) is 4.07. The van der Waals surface area contributed by atoms with Gasteiger partial charge in [0.15, 0.2) is 6.29 Å². The zero-order valence-electron chi connectivity index (χ0n) is 9.51. The summed E-state index contributed by atoms with van der Waals surface area (Å²) in [6.45, 7) is 2.63. The van der Waals surface area contributed by atoms with Crippen LogP contribution in [0.15, 0.2) is 24.5 Å². The number of carbonyl (C=O) groups is 2. The zero-order chi connectivity index (χ0) is 12.3. The Bertz CT molecular complexity index is 560. The van der Waals surface area contributed by atoms with E-state index in [1.807, 2.05) is 13.0 Å². The molecule has 2 heterocycles. The smallest absolute Gasteiger partial charge is 0.239 e. The van der Waals surface area contributed by atoms with Crippen LogP contribution in [0.25, 0.3) is 11.0 Å². The molecule has 1 amide bonds. The van der Waals surface area contributed by atoms with Gasteiger partial charge in [-0.15, -0.1) is 0 Å². The molecule has 5 nitrogen and oxygen atoms in total. The van der Waals surface area contributed by atoms with Crippen molar-refractivity contribution in [2.24, 2.45) is 0 Å². The molecule has 0 unspecified atom stereocenters. The molecule has 2 aromatic rings. The average molecular weight is 231 g/mol. The van der Waals surface area contributed by atoms with Crippen molar-refractivity contribution in [2.45, 2.75) is 13.5 Å². The van der Waals surface area contributed by atoms with Gasteiger partial charge in [-0.2, -0.15) is 0 Å². The molecule has 0 aliphatic heterocycles. The maximum Gasteiger partial charge on any atom is 0.239 e. The maximum atomic E-state index is 11.5. The number of nitrogens with one attached hydrogen (secondary N) is 1. The summed E-state index contributed by atoms with van der Waals surface area (Å²) in [5, 5.41) is 3.48. The van der Waals surface area contributed by atoms with E-state index in [1.54, 1.807) is 23.0 Å². The van der Waals surface area contributed by atoms with Crippen molar-refractivity contribution >= 4 is 23.2 Å². The first-order valence-electron chi connectivity index (χ1n) is 5.42. The number of hydrogen-bond acceptors (Lipinski definition) is 3. The Balaban J connectivity index is 2.40. The predicted molar refractivity (Wildman–Crippen MR) is 63.8 cm³/mol. The molecule has 0 spiro atoms. The molecule has 0 bridgehead atoms. The van der Waals surface area contributed by atoms with Gasteiger partial charge in [0.1, 0.15) is 12.2 Å². The van der Waals surface area contributed by atoms with Crippen molar-refractivity contribution in [2.75, 3.05) is 6.54 Å². The average Bonchev–Trinajstić information content (AvgIpc) is 2.68. The van der Waals surface area contributed by atoms with Gasteiger partial charge in [0.2, 0.25) is 5.91 Å². The van der Waals surface area contributed by atoms with Crippen molar-refractivity contribution in [3.63, 3.8) is 0 Å². The number of likely N-dealkylation sites (N-methyl/N-ethyl adjacent to an activating group) is 1. The summed E-state index contributed by atoms with van der Waals surface area (Å²) in [4.78, 5) is 26.6. The van der Waals surface area contributed by atoms with Crippen LogP contribution < -0.4 is 5.32 Å². The van der Waals surface area contributed by atoms with Gasteiger partial charge in [-0.1, -0.05) is 0 Å². The Labute approximate surface area is 98.4 Å². The summed E-state index contributed by atoms with van der Waals surface area (Å²) in [6, 6.07) is 3.59. The molecule has 0 aliphatic rings. The molecule has 0 fully saturated rings. The van der Waals surface area contributed by atoms with Gasteiger partial charge in [-0.3, -0.25) is 9.59 Å². The first-order chi connectivity index (χ1) is 8.26. The van der Waals surface area contributed by atoms with Crippen LogP contribution in [-0.2, 0) is 11.3 Å². The van der Waals surface area contributed by atoms with Gasteiger partial charge in [0.05, 0.1) is 0 Å². The largest absolute Gasteiger partial charge is 0.355 e. The number of amides is 1. The molecule has 17 heavy (non-hydrogen) atoms. The third-order valence-electron chi connectivity index (χ3n) is 2.48. The zero-order valence-corrected chi connectivity index (χ0v) is 9.51. The van der Waals surface area contributed by atoms with Crippen LogP contribution in [0, 0.1) is 0 Å².